The SMILES string of the molecule is C[CH]/C(C)=C/C. The molecule has 0 saturated heterocycles. The summed E-state index contributed by atoms with van der Waals surface area (Å²) in [4.78, 5) is 0. The summed E-state index contributed by atoms with van der Waals surface area (Å²) in [5.41, 5.74) is 1.34. The molecule has 0 nitrogen and oxygen atoms in total. The highest BCUT2D eigenvalue weighted by Crippen LogP contribution is 1.92. The molecule has 0 aromatic rings. The van der Waals surface area contributed by atoms with Gasteiger partial charge in [-0.25, -0.2) is 0 Å². The predicted octanol–water partition coefficient (Wildman–Crippen LogP) is 2.18. The summed E-state index contributed by atoms with van der Waals surface area (Å²) >= 11 is 0. The van der Waals surface area contributed by atoms with Crippen molar-refractivity contribution in [1.29, 1.82) is 0 Å². The zero-order valence-electron chi connectivity index (χ0n) is 4.65. The number of rotatable bonds is 1. The van der Waals surface area contributed by atoms with Crippen molar-refractivity contribution in [2.45, 2.75) is 20.8 Å². The van der Waals surface area contributed by atoms with Crippen LogP contribution in [0.4, 0.5) is 0 Å². The Morgan fingerprint density at radius 1 is 1.33 bits per heavy atom. The van der Waals surface area contributed by atoms with E-state index in [2.05, 4.69) is 19.4 Å². The van der Waals surface area contributed by atoms with Gasteiger partial charge in [0.15, 0.2) is 0 Å². The van der Waals surface area contributed by atoms with Gasteiger partial charge in [-0.15, -0.1) is 0 Å². The first-order chi connectivity index (χ1) is 2.81. The lowest BCUT2D eigenvalue weighted by Gasteiger charge is -1.84. The third kappa shape index (κ3) is 2.01. The van der Waals surface area contributed by atoms with Crippen LogP contribution in [-0.2, 0) is 0 Å². The Morgan fingerprint density at radius 3 is 1.83 bits per heavy atom. The maximum Gasteiger partial charge on any atom is -0.0172 e. The van der Waals surface area contributed by atoms with Crippen LogP contribution in [0.2, 0.25) is 0 Å². The summed E-state index contributed by atoms with van der Waals surface area (Å²) in [5, 5.41) is 0. The molecule has 0 unspecified atom stereocenters. The van der Waals surface area contributed by atoms with Gasteiger partial charge in [-0.1, -0.05) is 18.6 Å². The van der Waals surface area contributed by atoms with E-state index in [1.807, 2.05) is 13.8 Å². The van der Waals surface area contributed by atoms with E-state index >= 15 is 0 Å². The Morgan fingerprint density at radius 2 is 1.83 bits per heavy atom. The van der Waals surface area contributed by atoms with Crippen LogP contribution in [0.1, 0.15) is 20.8 Å². The van der Waals surface area contributed by atoms with Crippen LogP contribution in [0.3, 0.4) is 0 Å². The molecule has 0 heterocycles. The van der Waals surface area contributed by atoms with Gasteiger partial charge >= 0.3 is 0 Å². The molecule has 6 heavy (non-hydrogen) atoms. The van der Waals surface area contributed by atoms with Crippen LogP contribution in [0.5, 0.6) is 0 Å². The van der Waals surface area contributed by atoms with Gasteiger partial charge in [-0.05, 0) is 20.3 Å². The summed E-state index contributed by atoms with van der Waals surface area (Å²) < 4.78 is 0. The largest absolute Gasteiger partial charge is 0.0884 e. The summed E-state index contributed by atoms with van der Waals surface area (Å²) in [5.74, 6) is 0. The van der Waals surface area contributed by atoms with E-state index in [9.17, 15) is 0 Å². The Hall–Kier alpha value is -0.260. The van der Waals surface area contributed by atoms with Crippen LogP contribution in [-0.4, -0.2) is 0 Å². The van der Waals surface area contributed by atoms with E-state index < -0.39 is 0 Å². The Kier molecular flexibility index (Phi) is 2.82. The lowest BCUT2D eigenvalue weighted by Crippen LogP contribution is -1.65. The van der Waals surface area contributed by atoms with Gasteiger partial charge in [0, 0.05) is 0 Å². The van der Waals surface area contributed by atoms with Crippen molar-refractivity contribution in [3.63, 3.8) is 0 Å². The summed E-state index contributed by atoms with van der Waals surface area (Å²) in [7, 11) is 0. The van der Waals surface area contributed by atoms with Gasteiger partial charge in [0.1, 0.15) is 0 Å². The second kappa shape index (κ2) is 2.95. The molecule has 0 saturated carbocycles. The average Bonchev–Trinajstić information content (AvgIpc) is 1.65. The zero-order valence-corrected chi connectivity index (χ0v) is 4.65. The fourth-order valence-electron chi connectivity index (χ4n) is 0.167. The van der Waals surface area contributed by atoms with Gasteiger partial charge in [0.05, 0.1) is 0 Å². The number of hydrogen-bond acceptors (Lipinski definition) is 0. The predicted molar refractivity (Wildman–Crippen MR) is 29.4 cm³/mol. The first-order valence-corrected chi connectivity index (χ1v) is 2.23. The lowest BCUT2D eigenvalue weighted by atomic mass is 10.2. The molecule has 0 aromatic heterocycles. The van der Waals surface area contributed by atoms with Gasteiger partial charge in [0.25, 0.3) is 0 Å². The Bertz CT molecular complexity index is 51.1. The van der Waals surface area contributed by atoms with E-state index in [0.717, 1.165) is 0 Å². The van der Waals surface area contributed by atoms with Crippen molar-refractivity contribution in [2.24, 2.45) is 0 Å². The quantitative estimate of drug-likeness (QED) is 0.455. The van der Waals surface area contributed by atoms with Crippen molar-refractivity contribution >= 4 is 0 Å². The molecule has 0 heteroatoms. The molecular weight excluding hydrogens is 72.1 g/mol. The molecule has 0 aromatic carbocycles. The molecule has 1 radical (unpaired) electrons. The minimum Gasteiger partial charge on any atom is -0.0884 e. The maximum absolute atomic E-state index is 2.08. The summed E-state index contributed by atoms with van der Waals surface area (Å²) in [6.07, 6.45) is 4.17. The highest BCUT2D eigenvalue weighted by molar-refractivity contribution is 5.05. The van der Waals surface area contributed by atoms with Crippen molar-refractivity contribution < 1.29 is 0 Å². The molecule has 0 atom stereocenters. The van der Waals surface area contributed by atoms with Gasteiger partial charge in [-0.3, -0.25) is 0 Å². The molecule has 0 aliphatic heterocycles. The first-order valence-electron chi connectivity index (χ1n) is 2.23. The van der Waals surface area contributed by atoms with Gasteiger partial charge in [-0.2, -0.15) is 0 Å². The third-order valence-electron chi connectivity index (χ3n) is 0.911. The standard InChI is InChI=1S/C6H11/c1-4-6(3)5-2/h4-5H,1-3H3/b6-4+. The van der Waals surface area contributed by atoms with Gasteiger partial charge in [0.2, 0.25) is 0 Å². The van der Waals surface area contributed by atoms with E-state index in [1.165, 1.54) is 5.57 Å². The molecule has 0 bridgehead atoms. The highest BCUT2D eigenvalue weighted by atomic mass is 13.8. The van der Waals surface area contributed by atoms with Gasteiger partial charge < -0.3 is 0 Å². The first kappa shape index (κ1) is 5.74. The summed E-state index contributed by atoms with van der Waals surface area (Å²) in [6.45, 7) is 6.16. The number of hydrogen-bond donors (Lipinski definition) is 0. The van der Waals surface area contributed by atoms with Crippen molar-refractivity contribution in [2.75, 3.05) is 0 Å². The van der Waals surface area contributed by atoms with E-state index in [1.54, 1.807) is 0 Å². The normalized spacial score (nSPS) is 12.2. The molecule has 0 N–H and O–H groups in total. The molecule has 0 spiro atoms. The minimum absolute atomic E-state index is 1.34. The van der Waals surface area contributed by atoms with Crippen LogP contribution < -0.4 is 0 Å². The highest BCUT2D eigenvalue weighted by Gasteiger charge is 1.73. The summed E-state index contributed by atoms with van der Waals surface area (Å²) in [6, 6.07) is 0. The monoisotopic (exact) mass is 83.1 g/mol. The second-order valence-electron chi connectivity index (χ2n) is 1.32. The van der Waals surface area contributed by atoms with E-state index in [0.29, 0.717) is 0 Å². The topological polar surface area (TPSA) is 0 Å². The lowest BCUT2D eigenvalue weighted by molar-refractivity contribution is 1.33. The zero-order chi connectivity index (χ0) is 4.99. The maximum atomic E-state index is 2.08. The van der Waals surface area contributed by atoms with Crippen LogP contribution >= 0.6 is 0 Å². The molecule has 0 aliphatic carbocycles. The Balaban J connectivity index is 3.22. The molecule has 0 aliphatic rings. The second-order valence-corrected chi connectivity index (χ2v) is 1.32. The van der Waals surface area contributed by atoms with Crippen LogP contribution in [0.15, 0.2) is 11.6 Å². The smallest absolute Gasteiger partial charge is 0.0172 e. The number of allylic oxidation sites excluding steroid dienone is 2. The fraction of sp³-hybridized carbons (Fsp3) is 0.500. The fourth-order valence-corrected chi connectivity index (χ4v) is 0.167. The molecule has 35 valence electrons. The van der Waals surface area contributed by atoms with Crippen molar-refractivity contribution in [3.05, 3.63) is 18.1 Å². The van der Waals surface area contributed by atoms with E-state index in [4.69, 9.17) is 0 Å². The average molecular weight is 83.2 g/mol. The van der Waals surface area contributed by atoms with Crippen LogP contribution in [0, 0.1) is 6.42 Å². The molecule has 0 fully saturated rings. The van der Waals surface area contributed by atoms with Crippen LogP contribution in [0.25, 0.3) is 0 Å². The van der Waals surface area contributed by atoms with Crippen molar-refractivity contribution in [3.8, 4) is 0 Å². The van der Waals surface area contributed by atoms with E-state index in [-0.39, 0.29) is 0 Å². The minimum atomic E-state index is 1.34. The molecule has 0 amide bonds. The Labute approximate surface area is 39.9 Å². The third-order valence-corrected chi connectivity index (χ3v) is 0.911. The van der Waals surface area contributed by atoms with Crippen molar-refractivity contribution in [1.82, 2.24) is 0 Å². The molecule has 0 rings (SSSR count). The molecular formula is C6H11.